The summed E-state index contributed by atoms with van der Waals surface area (Å²) >= 11 is 3.62. The molecule has 1 aromatic rings. The van der Waals surface area contributed by atoms with Crippen molar-refractivity contribution in [2.45, 2.75) is 32.6 Å². The zero-order valence-electron chi connectivity index (χ0n) is 7.36. The second-order valence-corrected chi connectivity index (χ2v) is 4.38. The monoisotopic (exact) mass is 224 g/mol. The molecule has 0 aliphatic heterocycles. The van der Waals surface area contributed by atoms with Gasteiger partial charge in [-0.1, -0.05) is 22.0 Å². The van der Waals surface area contributed by atoms with E-state index in [0.29, 0.717) is 0 Å². The van der Waals surface area contributed by atoms with E-state index in [1.165, 1.54) is 35.7 Å². The van der Waals surface area contributed by atoms with Crippen molar-refractivity contribution in [2.24, 2.45) is 0 Å². The van der Waals surface area contributed by atoms with Crippen molar-refractivity contribution in [1.29, 1.82) is 0 Å². The van der Waals surface area contributed by atoms with Gasteiger partial charge >= 0.3 is 0 Å². The van der Waals surface area contributed by atoms with Crippen molar-refractivity contribution in [1.82, 2.24) is 0 Å². The predicted molar refractivity (Wildman–Crippen MR) is 55.5 cm³/mol. The number of hydrogen-bond donors (Lipinski definition) is 0. The maximum absolute atomic E-state index is 3.62. The van der Waals surface area contributed by atoms with Gasteiger partial charge in [-0.05, 0) is 55.4 Å². The van der Waals surface area contributed by atoms with Crippen LogP contribution in [-0.4, -0.2) is 0 Å². The number of fused-ring (bicyclic) bond motifs is 1. The molecule has 0 heterocycles. The molecule has 0 saturated carbocycles. The fourth-order valence-corrected chi connectivity index (χ4v) is 2.57. The first-order chi connectivity index (χ1) is 5.79. The van der Waals surface area contributed by atoms with Gasteiger partial charge in [0.05, 0.1) is 0 Å². The van der Waals surface area contributed by atoms with Crippen LogP contribution in [0.15, 0.2) is 16.6 Å². The van der Waals surface area contributed by atoms with E-state index in [1.807, 2.05) is 0 Å². The Labute approximate surface area is 82.1 Å². The van der Waals surface area contributed by atoms with E-state index in [9.17, 15) is 0 Å². The lowest BCUT2D eigenvalue weighted by atomic mass is 9.89. The van der Waals surface area contributed by atoms with Gasteiger partial charge in [0.25, 0.3) is 0 Å². The minimum Gasteiger partial charge on any atom is -0.0579 e. The third-order valence-electron chi connectivity index (χ3n) is 2.71. The van der Waals surface area contributed by atoms with E-state index in [1.54, 1.807) is 11.1 Å². The molecule has 0 fully saturated rings. The average Bonchev–Trinajstić information content (AvgIpc) is 2.12. The van der Waals surface area contributed by atoms with Crippen molar-refractivity contribution in [3.63, 3.8) is 0 Å². The summed E-state index contributed by atoms with van der Waals surface area (Å²) in [7, 11) is 0. The molecule has 0 N–H and O–H groups in total. The first kappa shape index (κ1) is 8.31. The molecule has 12 heavy (non-hydrogen) atoms. The Bertz CT molecular complexity index is 271. The molecule has 0 radical (unpaired) electrons. The summed E-state index contributed by atoms with van der Waals surface area (Å²) < 4.78 is 1.31. The van der Waals surface area contributed by atoms with Crippen LogP contribution >= 0.6 is 15.9 Å². The summed E-state index contributed by atoms with van der Waals surface area (Å²) in [6, 6.07) is 4.40. The Morgan fingerprint density at radius 2 is 1.75 bits per heavy atom. The van der Waals surface area contributed by atoms with Crippen LogP contribution in [-0.2, 0) is 12.8 Å². The van der Waals surface area contributed by atoms with Crippen molar-refractivity contribution >= 4 is 15.9 Å². The first-order valence-electron chi connectivity index (χ1n) is 4.56. The molecule has 1 heteroatoms. The Morgan fingerprint density at radius 3 is 2.42 bits per heavy atom. The minimum absolute atomic E-state index is 1.26. The maximum atomic E-state index is 3.62. The number of rotatable bonds is 0. The van der Waals surface area contributed by atoms with Gasteiger partial charge in [-0.25, -0.2) is 0 Å². The van der Waals surface area contributed by atoms with Crippen LogP contribution in [0, 0.1) is 6.92 Å². The number of halogens is 1. The van der Waals surface area contributed by atoms with E-state index in [-0.39, 0.29) is 0 Å². The normalized spacial score (nSPS) is 15.8. The fourth-order valence-electron chi connectivity index (χ4n) is 2.00. The quantitative estimate of drug-likeness (QED) is 0.632. The Balaban J connectivity index is 2.57. The molecular weight excluding hydrogens is 212 g/mol. The molecule has 0 bridgehead atoms. The topological polar surface area (TPSA) is 0 Å². The largest absolute Gasteiger partial charge is 0.0579 e. The van der Waals surface area contributed by atoms with Gasteiger partial charge in [0, 0.05) is 4.47 Å². The van der Waals surface area contributed by atoms with Gasteiger partial charge in [0.2, 0.25) is 0 Å². The van der Waals surface area contributed by atoms with Crippen LogP contribution < -0.4 is 0 Å². The molecular formula is C11H13Br. The number of hydrogen-bond acceptors (Lipinski definition) is 0. The molecule has 0 unspecified atom stereocenters. The van der Waals surface area contributed by atoms with Crippen LogP contribution in [0.5, 0.6) is 0 Å². The third-order valence-corrected chi connectivity index (χ3v) is 3.45. The Kier molecular flexibility index (Phi) is 2.22. The molecule has 1 aliphatic rings. The highest BCUT2D eigenvalue weighted by atomic mass is 79.9. The van der Waals surface area contributed by atoms with E-state index in [0.717, 1.165) is 0 Å². The van der Waals surface area contributed by atoms with Gasteiger partial charge in [-0.2, -0.15) is 0 Å². The zero-order chi connectivity index (χ0) is 8.55. The van der Waals surface area contributed by atoms with Crippen molar-refractivity contribution in [3.05, 3.63) is 33.3 Å². The maximum Gasteiger partial charge on any atom is 0.0210 e. The molecule has 1 aromatic carbocycles. The molecule has 0 atom stereocenters. The van der Waals surface area contributed by atoms with Crippen molar-refractivity contribution < 1.29 is 0 Å². The molecule has 1 aliphatic carbocycles. The smallest absolute Gasteiger partial charge is 0.0210 e. The Hall–Kier alpha value is -0.300. The molecule has 2 rings (SSSR count). The van der Waals surface area contributed by atoms with E-state index < -0.39 is 0 Å². The summed E-state index contributed by atoms with van der Waals surface area (Å²) in [6.45, 7) is 2.22. The first-order valence-corrected chi connectivity index (χ1v) is 5.35. The van der Waals surface area contributed by atoms with Gasteiger partial charge in [-0.15, -0.1) is 0 Å². The summed E-state index contributed by atoms with van der Waals surface area (Å²) in [5.41, 5.74) is 4.62. The minimum atomic E-state index is 1.26. The standard InChI is InChI=1S/C11H13Br/c1-8-6-7-11(12)10-5-3-2-4-9(8)10/h6-7H,2-5H2,1H3. The molecule has 0 nitrogen and oxygen atoms in total. The SMILES string of the molecule is Cc1ccc(Br)c2c1CCCC2. The van der Waals surface area contributed by atoms with Gasteiger partial charge < -0.3 is 0 Å². The highest BCUT2D eigenvalue weighted by Crippen LogP contribution is 2.30. The molecule has 0 spiro atoms. The van der Waals surface area contributed by atoms with Crippen LogP contribution in [0.1, 0.15) is 29.5 Å². The second kappa shape index (κ2) is 3.21. The third kappa shape index (κ3) is 1.31. The van der Waals surface area contributed by atoms with Crippen LogP contribution in [0.4, 0.5) is 0 Å². The van der Waals surface area contributed by atoms with Crippen LogP contribution in [0.2, 0.25) is 0 Å². The van der Waals surface area contributed by atoms with Gasteiger partial charge in [0.15, 0.2) is 0 Å². The van der Waals surface area contributed by atoms with Gasteiger partial charge in [0.1, 0.15) is 0 Å². The van der Waals surface area contributed by atoms with Crippen LogP contribution in [0.25, 0.3) is 0 Å². The van der Waals surface area contributed by atoms with Crippen LogP contribution in [0.3, 0.4) is 0 Å². The van der Waals surface area contributed by atoms with E-state index in [2.05, 4.69) is 35.0 Å². The zero-order valence-corrected chi connectivity index (χ0v) is 8.95. The van der Waals surface area contributed by atoms with E-state index in [4.69, 9.17) is 0 Å². The lowest BCUT2D eigenvalue weighted by Gasteiger charge is -2.19. The number of benzene rings is 1. The average molecular weight is 225 g/mol. The summed E-state index contributed by atoms with van der Waals surface area (Å²) in [6.07, 6.45) is 5.26. The predicted octanol–water partition coefficient (Wildman–Crippen LogP) is 3.64. The second-order valence-electron chi connectivity index (χ2n) is 3.53. The lowest BCUT2D eigenvalue weighted by molar-refractivity contribution is 0.679. The van der Waals surface area contributed by atoms with Crippen molar-refractivity contribution in [2.75, 3.05) is 0 Å². The van der Waals surface area contributed by atoms with Crippen molar-refractivity contribution in [3.8, 4) is 0 Å². The summed E-state index contributed by atoms with van der Waals surface area (Å²) in [4.78, 5) is 0. The highest BCUT2D eigenvalue weighted by molar-refractivity contribution is 9.10. The fraction of sp³-hybridized carbons (Fsp3) is 0.455. The molecule has 0 saturated heterocycles. The summed E-state index contributed by atoms with van der Waals surface area (Å²) in [5.74, 6) is 0. The lowest BCUT2D eigenvalue weighted by Crippen LogP contribution is -2.05. The summed E-state index contributed by atoms with van der Waals surface area (Å²) in [5, 5.41) is 0. The number of aryl methyl sites for hydroxylation is 1. The molecule has 0 aromatic heterocycles. The van der Waals surface area contributed by atoms with E-state index >= 15 is 0 Å². The molecule has 64 valence electrons. The Morgan fingerprint density at radius 1 is 1.08 bits per heavy atom. The molecule has 0 amide bonds. The van der Waals surface area contributed by atoms with Gasteiger partial charge in [-0.3, -0.25) is 0 Å². The highest BCUT2D eigenvalue weighted by Gasteiger charge is 2.13.